The molecule has 2 heterocycles. The SMILES string of the molecule is CCc1ncc(C(=O)Nc2ccc(C)c(NC(=O)c3ccncc3)c2)s1. The number of thiazole rings is 1. The largest absolute Gasteiger partial charge is 0.322 e. The fourth-order valence-corrected chi connectivity index (χ4v) is 3.06. The molecule has 26 heavy (non-hydrogen) atoms. The van der Waals surface area contributed by atoms with Crippen molar-refractivity contribution in [3.05, 3.63) is 69.9 Å². The zero-order chi connectivity index (χ0) is 18.5. The number of nitrogens with zero attached hydrogens (tertiary/aromatic N) is 2. The van der Waals surface area contributed by atoms with Crippen LogP contribution in [0.1, 0.15) is 37.5 Å². The molecule has 0 radical (unpaired) electrons. The molecule has 0 saturated carbocycles. The van der Waals surface area contributed by atoms with Crippen molar-refractivity contribution in [3.63, 3.8) is 0 Å². The molecule has 2 aromatic heterocycles. The Labute approximate surface area is 155 Å². The molecule has 3 rings (SSSR count). The van der Waals surface area contributed by atoms with Crippen molar-refractivity contribution < 1.29 is 9.59 Å². The molecule has 0 saturated heterocycles. The molecule has 7 heteroatoms. The highest BCUT2D eigenvalue weighted by Crippen LogP contribution is 2.22. The quantitative estimate of drug-likeness (QED) is 0.717. The number of hydrogen-bond donors (Lipinski definition) is 2. The molecule has 3 aromatic rings. The van der Waals surface area contributed by atoms with E-state index in [2.05, 4.69) is 20.6 Å². The van der Waals surface area contributed by atoms with E-state index < -0.39 is 0 Å². The fraction of sp³-hybridized carbons (Fsp3) is 0.158. The van der Waals surface area contributed by atoms with Gasteiger partial charge in [0.15, 0.2) is 0 Å². The molecule has 0 bridgehead atoms. The first-order chi connectivity index (χ1) is 12.6. The minimum atomic E-state index is -0.228. The average molecular weight is 366 g/mol. The summed E-state index contributed by atoms with van der Waals surface area (Å²) in [5, 5.41) is 6.63. The number of carbonyl (C=O) groups is 2. The summed E-state index contributed by atoms with van der Waals surface area (Å²) in [6.07, 6.45) is 5.52. The molecular formula is C19H18N4O2S. The number of amides is 2. The molecule has 0 aliphatic carbocycles. The molecule has 0 aliphatic heterocycles. The topological polar surface area (TPSA) is 84.0 Å². The van der Waals surface area contributed by atoms with E-state index in [1.54, 1.807) is 42.9 Å². The van der Waals surface area contributed by atoms with E-state index in [1.165, 1.54) is 11.3 Å². The Kier molecular flexibility index (Phi) is 5.38. The third kappa shape index (κ3) is 4.12. The van der Waals surface area contributed by atoms with Gasteiger partial charge in [-0.2, -0.15) is 0 Å². The van der Waals surface area contributed by atoms with Gasteiger partial charge in [-0.15, -0.1) is 11.3 Å². The van der Waals surface area contributed by atoms with Gasteiger partial charge in [0.05, 0.1) is 11.2 Å². The standard InChI is InChI=1S/C19H18N4O2S/c1-3-17-21-11-16(26-17)19(25)22-14-5-4-12(2)15(10-14)23-18(24)13-6-8-20-9-7-13/h4-11H,3H2,1-2H3,(H,22,25)(H,23,24). The number of benzene rings is 1. The fourth-order valence-electron chi connectivity index (χ4n) is 2.30. The highest BCUT2D eigenvalue weighted by atomic mass is 32.1. The summed E-state index contributed by atoms with van der Waals surface area (Å²) in [7, 11) is 0. The maximum absolute atomic E-state index is 12.3. The van der Waals surface area contributed by atoms with E-state index in [-0.39, 0.29) is 11.8 Å². The van der Waals surface area contributed by atoms with Crippen molar-refractivity contribution in [2.24, 2.45) is 0 Å². The maximum Gasteiger partial charge on any atom is 0.267 e. The highest BCUT2D eigenvalue weighted by Gasteiger charge is 2.12. The molecule has 0 unspecified atom stereocenters. The van der Waals surface area contributed by atoms with Gasteiger partial charge in [0, 0.05) is 29.3 Å². The van der Waals surface area contributed by atoms with Crippen LogP contribution in [-0.2, 0) is 6.42 Å². The van der Waals surface area contributed by atoms with E-state index in [4.69, 9.17) is 0 Å². The van der Waals surface area contributed by atoms with Gasteiger partial charge in [-0.3, -0.25) is 14.6 Å². The summed E-state index contributed by atoms with van der Waals surface area (Å²) in [5.41, 5.74) is 2.67. The zero-order valence-corrected chi connectivity index (χ0v) is 15.3. The first-order valence-electron chi connectivity index (χ1n) is 8.15. The van der Waals surface area contributed by atoms with Gasteiger partial charge < -0.3 is 10.6 Å². The Balaban J connectivity index is 1.75. The van der Waals surface area contributed by atoms with E-state index in [9.17, 15) is 9.59 Å². The maximum atomic E-state index is 12.3. The van der Waals surface area contributed by atoms with E-state index in [0.29, 0.717) is 21.8 Å². The summed E-state index contributed by atoms with van der Waals surface area (Å²) >= 11 is 1.38. The lowest BCUT2D eigenvalue weighted by atomic mass is 10.1. The lowest BCUT2D eigenvalue weighted by Gasteiger charge is -2.11. The van der Waals surface area contributed by atoms with Crippen LogP contribution < -0.4 is 10.6 Å². The van der Waals surface area contributed by atoms with Crippen LogP contribution in [0.2, 0.25) is 0 Å². The van der Waals surface area contributed by atoms with Gasteiger partial charge in [0.25, 0.3) is 11.8 Å². The van der Waals surface area contributed by atoms with Crippen LogP contribution in [0.25, 0.3) is 0 Å². The minimum absolute atomic E-state index is 0.211. The van der Waals surface area contributed by atoms with Crippen molar-refractivity contribution in [2.45, 2.75) is 20.3 Å². The predicted molar refractivity (Wildman–Crippen MR) is 103 cm³/mol. The molecule has 0 fully saturated rings. The van der Waals surface area contributed by atoms with Crippen LogP contribution in [0.5, 0.6) is 0 Å². The number of hydrogen-bond acceptors (Lipinski definition) is 5. The van der Waals surface area contributed by atoms with E-state index >= 15 is 0 Å². The second-order valence-corrected chi connectivity index (χ2v) is 6.76. The first kappa shape index (κ1) is 17.8. The second kappa shape index (κ2) is 7.88. The van der Waals surface area contributed by atoms with Crippen LogP contribution in [-0.4, -0.2) is 21.8 Å². The number of carbonyl (C=O) groups excluding carboxylic acids is 2. The van der Waals surface area contributed by atoms with Crippen LogP contribution in [0.15, 0.2) is 48.9 Å². The van der Waals surface area contributed by atoms with Crippen molar-refractivity contribution in [2.75, 3.05) is 10.6 Å². The minimum Gasteiger partial charge on any atom is -0.322 e. The Morgan fingerprint density at radius 3 is 2.54 bits per heavy atom. The number of nitrogens with one attached hydrogen (secondary N) is 2. The number of rotatable bonds is 5. The van der Waals surface area contributed by atoms with Gasteiger partial charge in [0.2, 0.25) is 0 Å². The summed E-state index contributed by atoms with van der Waals surface area (Å²) in [5.74, 6) is -0.438. The zero-order valence-electron chi connectivity index (χ0n) is 14.4. The van der Waals surface area contributed by atoms with E-state index in [0.717, 1.165) is 17.0 Å². The Morgan fingerprint density at radius 2 is 1.85 bits per heavy atom. The van der Waals surface area contributed by atoms with Crippen LogP contribution >= 0.6 is 11.3 Å². The van der Waals surface area contributed by atoms with Crippen molar-refractivity contribution in [1.82, 2.24) is 9.97 Å². The number of aryl methyl sites for hydroxylation is 2. The normalized spacial score (nSPS) is 10.4. The molecular weight excluding hydrogens is 348 g/mol. The molecule has 0 spiro atoms. The van der Waals surface area contributed by atoms with E-state index in [1.807, 2.05) is 19.9 Å². The number of anilines is 2. The van der Waals surface area contributed by atoms with Gasteiger partial charge in [-0.05, 0) is 43.2 Å². The summed E-state index contributed by atoms with van der Waals surface area (Å²) in [6, 6.07) is 8.68. The number of pyridine rings is 1. The van der Waals surface area contributed by atoms with Gasteiger partial charge >= 0.3 is 0 Å². The Hall–Kier alpha value is -3.06. The van der Waals surface area contributed by atoms with Gasteiger partial charge in [-0.25, -0.2) is 4.98 Å². The number of aromatic nitrogens is 2. The van der Waals surface area contributed by atoms with Crippen molar-refractivity contribution >= 4 is 34.5 Å². The Bertz CT molecular complexity index is 938. The van der Waals surface area contributed by atoms with Crippen LogP contribution in [0.4, 0.5) is 11.4 Å². The summed E-state index contributed by atoms with van der Waals surface area (Å²) in [4.78, 5) is 33.3. The molecule has 0 atom stereocenters. The predicted octanol–water partition coefficient (Wildman–Crippen LogP) is 3.91. The summed E-state index contributed by atoms with van der Waals surface area (Å²) in [6.45, 7) is 3.89. The third-order valence-electron chi connectivity index (χ3n) is 3.77. The lowest BCUT2D eigenvalue weighted by Crippen LogP contribution is -2.14. The van der Waals surface area contributed by atoms with Crippen LogP contribution in [0, 0.1) is 6.92 Å². The first-order valence-corrected chi connectivity index (χ1v) is 8.96. The molecule has 132 valence electrons. The molecule has 0 aliphatic rings. The molecule has 6 nitrogen and oxygen atoms in total. The molecule has 2 amide bonds. The average Bonchev–Trinajstić information content (AvgIpc) is 3.14. The Morgan fingerprint density at radius 1 is 1.08 bits per heavy atom. The van der Waals surface area contributed by atoms with Crippen LogP contribution in [0.3, 0.4) is 0 Å². The molecule has 1 aromatic carbocycles. The summed E-state index contributed by atoms with van der Waals surface area (Å²) < 4.78 is 0. The van der Waals surface area contributed by atoms with Crippen molar-refractivity contribution in [3.8, 4) is 0 Å². The van der Waals surface area contributed by atoms with Gasteiger partial charge in [0.1, 0.15) is 4.88 Å². The second-order valence-electron chi connectivity index (χ2n) is 5.65. The smallest absolute Gasteiger partial charge is 0.267 e. The van der Waals surface area contributed by atoms with Gasteiger partial charge in [-0.1, -0.05) is 13.0 Å². The monoisotopic (exact) mass is 366 g/mol. The third-order valence-corrected chi connectivity index (χ3v) is 4.91. The molecule has 2 N–H and O–H groups in total. The highest BCUT2D eigenvalue weighted by molar-refractivity contribution is 7.13. The lowest BCUT2D eigenvalue weighted by molar-refractivity contribution is 0.102. The van der Waals surface area contributed by atoms with Crippen molar-refractivity contribution in [1.29, 1.82) is 0 Å².